The Kier molecular flexibility index (Phi) is 5.95. The highest BCUT2D eigenvalue weighted by atomic mass is 79.9. The van der Waals surface area contributed by atoms with Gasteiger partial charge in [-0.05, 0) is 42.0 Å². The standard InChI is InChI=1S/C24H17BrFN3O/c25-19-10-6-16(7-11-19)14-22(30)29-24-23(18-4-2-1-3-5-18)28-21(15-27-24)17-8-12-20(26)13-9-17/h1-13,15H,14H2,(H,27,29,30). The Morgan fingerprint density at radius 2 is 1.60 bits per heavy atom. The Balaban J connectivity index is 1.65. The zero-order valence-electron chi connectivity index (χ0n) is 15.8. The van der Waals surface area contributed by atoms with Crippen LogP contribution in [0.4, 0.5) is 10.2 Å². The van der Waals surface area contributed by atoms with Crippen molar-refractivity contribution in [2.24, 2.45) is 0 Å². The maximum atomic E-state index is 13.3. The van der Waals surface area contributed by atoms with E-state index < -0.39 is 0 Å². The van der Waals surface area contributed by atoms with E-state index in [1.165, 1.54) is 12.1 Å². The van der Waals surface area contributed by atoms with Crippen LogP contribution >= 0.6 is 15.9 Å². The summed E-state index contributed by atoms with van der Waals surface area (Å²) in [7, 11) is 0. The molecular formula is C24H17BrFN3O. The molecule has 3 aromatic carbocycles. The molecule has 1 heterocycles. The van der Waals surface area contributed by atoms with Crippen LogP contribution in [-0.4, -0.2) is 15.9 Å². The predicted octanol–water partition coefficient (Wildman–Crippen LogP) is 5.89. The van der Waals surface area contributed by atoms with E-state index in [1.54, 1.807) is 18.3 Å². The molecule has 0 atom stereocenters. The third kappa shape index (κ3) is 4.78. The largest absolute Gasteiger partial charge is 0.309 e. The minimum Gasteiger partial charge on any atom is -0.309 e. The first-order valence-corrected chi connectivity index (χ1v) is 10.1. The smallest absolute Gasteiger partial charge is 0.230 e. The van der Waals surface area contributed by atoms with Crippen LogP contribution in [-0.2, 0) is 11.2 Å². The normalized spacial score (nSPS) is 10.6. The number of amides is 1. The van der Waals surface area contributed by atoms with E-state index in [0.29, 0.717) is 17.2 Å². The summed E-state index contributed by atoms with van der Waals surface area (Å²) in [5, 5.41) is 2.88. The van der Waals surface area contributed by atoms with Crippen molar-refractivity contribution in [2.75, 3.05) is 5.32 Å². The van der Waals surface area contributed by atoms with Crippen LogP contribution in [0.3, 0.4) is 0 Å². The molecule has 4 aromatic rings. The molecule has 0 unspecified atom stereocenters. The average molecular weight is 462 g/mol. The fourth-order valence-electron chi connectivity index (χ4n) is 3.00. The fourth-order valence-corrected chi connectivity index (χ4v) is 3.27. The van der Waals surface area contributed by atoms with E-state index >= 15 is 0 Å². The molecule has 0 saturated heterocycles. The molecule has 4 nitrogen and oxygen atoms in total. The number of carbonyl (C=O) groups is 1. The van der Waals surface area contributed by atoms with Crippen molar-refractivity contribution >= 4 is 27.7 Å². The molecule has 4 rings (SSSR count). The van der Waals surface area contributed by atoms with Crippen molar-refractivity contribution in [1.82, 2.24) is 9.97 Å². The number of rotatable bonds is 5. The van der Waals surface area contributed by atoms with Gasteiger partial charge in [-0.25, -0.2) is 14.4 Å². The number of nitrogens with zero attached hydrogens (tertiary/aromatic N) is 2. The highest BCUT2D eigenvalue weighted by Gasteiger charge is 2.14. The first kappa shape index (κ1) is 19.9. The highest BCUT2D eigenvalue weighted by Crippen LogP contribution is 2.28. The number of benzene rings is 3. The van der Waals surface area contributed by atoms with Crippen LogP contribution in [0.15, 0.2) is 89.5 Å². The number of nitrogens with one attached hydrogen (secondary N) is 1. The first-order valence-electron chi connectivity index (χ1n) is 9.31. The highest BCUT2D eigenvalue weighted by molar-refractivity contribution is 9.10. The minimum atomic E-state index is -0.313. The van der Waals surface area contributed by atoms with Crippen molar-refractivity contribution < 1.29 is 9.18 Å². The number of anilines is 1. The van der Waals surface area contributed by atoms with Crippen LogP contribution in [0.2, 0.25) is 0 Å². The maximum absolute atomic E-state index is 13.3. The Morgan fingerprint density at radius 3 is 2.30 bits per heavy atom. The second kappa shape index (κ2) is 8.97. The fraction of sp³-hybridized carbons (Fsp3) is 0.0417. The average Bonchev–Trinajstić information content (AvgIpc) is 2.77. The van der Waals surface area contributed by atoms with Gasteiger partial charge in [-0.2, -0.15) is 0 Å². The molecule has 1 aromatic heterocycles. The molecule has 30 heavy (non-hydrogen) atoms. The lowest BCUT2D eigenvalue weighted by atomic mass is 10.1. The molecule has 148 valence electrons. The van der Waals surface area contributed by atoms with Gasteiger partial charge in [0.25, 0.3) is 0 Å². The summed E-state index contributed by atoms with van der Waals surface area (Å²) in [6.07, 6.45) is 1.80. The Morgan fingerprint density at radius 1 is 0.900 bits per heavy atom. The lowest BCUT2D eigenvalue weighted by Crippen LogP contribution is -2.16. The van der Waals surface area contributed by atoms with Gasteiger partial charge >= 0.3 is 0 Å². The van der Waals surface area contributed by atoms with Crippen molar-refractivity contribution in [3.8, 4) is 22.5 Å². The number of halogens is 2. The van der Waals surface area contributed by atoms with Crippen LogP contribution < -0.4 is 5.32 Å². The number of carbonyl (C=O) groups excluding carboxylic acids is 1. The number of hydrogen-bond acceptors (Lipinski definition) is 3. The summed E-state index contributed by atoms with van der Waals surface area (Å²) >= 11 is 3.39. The minimum absolute atomic E-state index is 0.182. The van der Waals surface area contributed by atoms with Gasteiger partial charge in [0.1, 0.15) is 11.5 Å². The van der Waals surface area contributed by atoms with E-state index in [1.807, 2.05) is 54.6 Å². The van der Waals surface area contributed by atoms with Crippen molar-refractivity contribution in [3.05, 3.63) is 101 Å². The summed E-state index contributed by atoms with van der Waals surface area (Å²) in [6.45, 7) is 0. The van der Waals surface area contributed by atoms with Crippen molar-refractivity contribution in [2.45, 2.75) is 6.42 Å². The number of aromatic nitrogens is 2. The van der Waals surface area contributed by atoms with Crippen LogP contribution in [0.25, 0.3) is 22.5 Å². The summed E-state index contributed by atoms with van der Waals surface area (Å²) in [4.78, 5) is 21.8. The zero-order valence-corrected chi connectivity index (χ0v) is 17.4. The molecule has 1 amide bonds. The lowest BCUT2D eigenvalue weighted by molar-refractivity contribution is -0.115. The molecule has 0 aliphatic carbocycles. The quantitative estimate of drug-likeness (QED) is 0.402. The molecule has 0 radical (unpaired) electrons. The molecule has 0 aliphatic heterocycles. The topological polar surface area (TPSA) is 54.9 Å². The number of hydrogen-bond donors (Lipinski definition) is 1. The van der Waals surface area contributed by atoms with E-state index in [0.717, 1.165) is 21.2 Å². The molecular weight excluding hydrogens is 445 g/mol. The second-order valence-corrected chi connectivity index (χ2v) is 7.59. The van der Waals surface area contributed by atoms with Gasteiger partial charge in [-0.3, -0.25) is 4.79 Å². The van der Waals surface area contributed by atoms with Crippen molar-refractivity contribution in [1.29, 1.82) is 0 Å². The van der Waals surface area contributed by atoms with Gasteiger partial charge in [0.05, 0.1) is 18.3 Å². The molecule has 0 aliphatic rings. The summed E-state index contributed by atoms with van der Waals surface area (Å²) in [5.41, 5.74) is 3.62. The molecule has 0 fully saturated rings. The molecule has 0 bridgehead atoms. The molecule has 1 N–H and O–H groups in total. The lowest BCUT2D eigenvalue weighted by Gasteiger charge is -2.12. The van der Waals surface area contributed by atoms with Crippen LogP contribution in [0.1, 0.15) is 5.56 Å². The van der Waals surface area contributed by atoms with Crippen molar-refractivity contribution in [3.63, 3.8) is 0 Å². The van der Waals surface area contributed by atoms with Gasteiger partial charge in [-0.1, -0.05) is 58.4 Å². The van der Waals surface area contributed by atoms with E-state index in [2.05, 4.69) is 26.2 Å². The molecule has 6 heteroatoms. The van der Waals surface area contributed by atoms with E-state index in [9.17, 15) is 9.18 Å². The van der Waals surface area contributed by atoms with Crippen LogP contribution in [0.5, 0.6) is 0 Å². The Hall–Kier alpha value is -3.38. The SMILES string of the molecule is O=C(Cc1ccc(Br)cc1)Nc1ncc(-c2ccc(F)cc2)nc1-c1ccccc1. The van der Waals surface area contributed by atoms with Gasteiger partial charge < -0.3 is 5.32 Å². The van der Waals surface area contributed by atoms with Gasteiger partial charge in [0.2, 0.25) is 5.91 Å². The first-order chi connectivity index (χ1) is 14.6. The third-order valence-corrected chi connectivity index (χ3v) is 5.02. The van der Waals surface area contributed by atoms with E-state index in [-0.39, 0.29) is 18.1 Å². The van der Waals surface area contributed by atoms with Crippen LogP contribution in [0, 0.1) is 5.82 Å². The Labute approximate surface area is 182 Å². The summed E-state index contributed by atoms with van der Waals surface area (Å²) in [6, 6.07) is 23.2. The zero-order chi connectivity index (χ0) is 20.9. The Bertz CT molecular complexity index is 1160. The summed E-state index contributed by atoms with van der Waals surface area (Å²) in [5.74, 6) is -0.112. The second-order valence-electron chi connectivity index (χ2n) is 6.68. The summed E-state index contributed by atoms with van der Waals surface area (Å²) < 4.78 is 14.2. The molecule has 0 saturated carbocycles. The monoisotopic (exact) mass is 461 g/mol. The third-order valence-electron chi connectivity index (χ3n) is 4.50. The van der Waals surface area contributed by atoms with E-state index in [4.69, 9.17) is 4.98 Å². The maximum Gasteiger partial charge on any atom is 0.230 e. The van der Waals surface area contributed by atoms with Gasteiger partial charge in [0.15, 0.2) is 5.82 Å². The van der Waals surface area contributed by atoms with Gasteiger partial charge in [-0.15, -0.1) is 0 Å². The predicted molar refractivity (Wildman–Crippen MR) is 119 cm³/mol. The van der Waals surface area contributed by atoms with Gasteiger partial charge in [0, 0.05) is 15.6 Å². The molecule has 0 spiro atoms.